The lowest BCUT2D eigenvalue weighted by molar-refractivity contribution is -0.126. The van der Waals surface area contributed by atoms with E-state index in [1.165, 1.54) is 0 Å². The van der Waals surface area contributed by atoms with Gasteiger partial charge in [-0.2, -0.15) is 11.8 Å². The molecule has 3 N–H and O–H groups in total. The van der Waals surface area contributed by atoms with Gasteiger partial charge in [0.2, 0.25) is 11.8 Å². The molecule has 1 unspecified atom stereocenters. The van der Waals surface area contributed by atoms with Crippen LogP contribution in [0.25, 0.3) is 11.1 Å². The summed E-state index contributed by atoms with van der Waals surface area (Å²) >= 11 is 1.62. The molecule has 2 amide bonds. The maximum absolute atomic E-state index is 12.7. The molecule has 1 aromatic heterocycles. The van der Waals surface area contributed by atoms with Crippen LogP contribution in [0.15, 0.2) is 27.4 Å². The molecular weight excluding hydrogens is 378 g/mol. The topological polar surface area (TPSA) is 104 Å². The molecule has 0 saturated carbocycles. The second-order valence-electron chi connectivity index (χ2n) is 8.03. The van der Waals surface area contributed by atoms with Crippen molar-refractivity contribution in [2.24, 2.45) is 5.41 Å². The van der Waals surface area contributed by atoms with Gasteiger partial charge in [-0.15, -0.1) is 0 Å². The number of thioether (sulfide) groups is 1. The van der Waals surface area contributed by atoms with Crippen molar-refractivity contribution in [2.45, 2.75) is 52.5 Å². The molecule has 0 radical (unpaired) electrons. The van der Waals surface area contributed by atoms with Crippen LogP contribution in [0.1, 0.15) is 46.5 Å². The molecular formula is C20H29N3O4S. The van der Waals surface area contributed by atoms with E-state index in [9.17, 15) is 14.4 Å². The Kier molecular flexibility index (Phi) is 7.74. The molecule has 154 valence electrons. The number of rotatable bonds is 9. The van der Waals surface area contributed by atoms with Crippen LogP contribution in [0.5, 0.6) is 0 Å². The number of carbonyl (C=O) groups excluding carboxylic acids is 2. The SMILES string of the molecule is CSCCC(NC(=O)CCCC(C)(C)C)C(=O)Nc1ccc2oc(=O)[nH]c2c1. The number of aromatic amines is 1. The number of oxazole rings is 1. The highest BCUT2D eigenvalue weighted by molar-refractivity contribution is 7.98. The molecule has 0 aliphatic heterocycles. The minimum absolute atomic E-state index is 0.111. The Bertz CT molecular complexity index is 866. The lowest BCUT2D eigenvalue weighted by atomic mass is 9.90. The van der Waals surface area contributed by atoms with E-state index in [1.807, 2.05) is 6.26 Å². The van der Waals surface area contributed by atoms with Gasteiger partial charge in [-0.25, -0.2) is 4.79 Å². The normalized spacial score (nSPS) is 12.7. The highest BCUT2D eigenvalue weighted by Gasteiger charge is 2.21. The summed E-state index contributed by atoms with van der Waals surface area (Å²) in [5.74, 6) is -0.170. The molecule has 0 fully saturated rings. The van der Waals surface area contributed by atoms with Crippen LogP contribution in [0.2, 0.25) is 0 Å². The van der Waals surface area contributed by atoms with Crippen LogP contribution in [-0.4, -0.2) is 34.8 Å². The average molecular weight is 408 g/mol. The largest absolute Gasteiger partial charge is 0.417 e. The van der Waals surface area contributed by atoms with Crippen molar-refractivity contribution in [1.82, 2.24) is 10.3 Å². The van der Waals surface area contributed by atoms with Gasteiger partial charge in [0, 0.05) is 12.1 Å². The smallest absolute Gasteiger partial charge is 0.408 e. The first-order valence-corrected chi connectivity index (χ1v) is 10.8. The third-order valence-electron chi connectivity index (χ3n) is 4.28. The lowest BCUT2D eigenvalue weighted by Crippen LogP contribution is -2.44. The Morgan fingerprint density at radius 2 is 2.04 bits per heavy atom. The summed E-state index contributed by atoms with van der Waals surface area (Å²) in [6, 6.07) is 4.31. The Hall–Kier alpha value is -2.22. The molecule has 1 aromatic carbocycles. The molecule has 0 saturated heterocycles. The van der Waals surface area contributed by atoms with Gasteiger partial charge < -0.3 is 15.1 Å². The van der Waals surface area contributed by atoms with Crippen molar-refractivity contribution < 1.29 is 14.0 Å². The first kappa shape index (κ1) is 22.1. The van der Waals surface area contributed by atoms with Crippen molar-refractivity contribution in [3.05, 3.63) is 28.7 Å². The van der Waals surface area contributed by atoms with E-state index in [-0.39, 0.29) is 17.2 Å². The number of hydrogen-bond acceptors (Lipinski definition) is 5. The van der Waals surface area contributed by atoms with E-state index in [2.05, 4.69) is 36.4 Å². The zero-order valence-electron chi connectivity index (χ0n) is 16.9. The monoisotopic (exact) mass is 407 g/mol. The van der Waals surface area contributed by atoms with E-state index < -0.39 is 11.8 Å². The molecule has 8 heteroatoms. The quantitative estimate of drug-likeness (QED) is 0.590. The molecule has 0 aliphatic rings. The standard InChI is InChI=1S/C20H29N3O4S/c1-20(2,3)10-5-6-17(24)22-14(9-11-28-4)18(25)21-13-7-8-16-15(12-13)23-19(26)27-16/h7-8,12,14H,5-6,9-11H2,1-4H3,(H,21,25)(H,22,24)(H,23,26). The molecule has 0 aliphatic carbocycles. The summed E-state index contributed by atoms with van der Waals surface area (Å²) in [5, 5.41) is 5.67. The minimum atomic E-state index is -0.603. The molecule has 0 spiro atoms. The van der Waals surface area contributed by atoms with Crippen LogP contribution in [0.3, 0.4) is 0 Å². The van der Waals surface area contributed by atoms with Gasteiger partial charge in [-0.1, -0.05) is 20.8 Å². The van der Waals surface area contributed by atoms with Crippen LogP contribution < -0.4 is 16.4 Å². The summed E-state index contributed by atoms with van der Waals surface area (Å²) in [4.78, 5) is 38.8. The Morgan fingerprint density at radius 1 is 1.29 bits per heavy atom. The molecule has 1 atom stereocenters. The van der Waals surface area contributed by atoms with Gasteiger partial charge in [0.25, 0.3) is 0 Å². The van der Waals surface area contributed by atoms with Gasteiger partial charge in [0.1, 0.15) is 6.04 Å². The van der Waals surface area contributed by atoms with E-state index in [1.54, 1.807) is 30.0 Å². The van der Waals surface area contributed by atoms with E-state index in [0.717, 1.165) is 18.6 Å². The number of nitrogens with one attached hydrogen (secondary N) is 3. The fourth-order valence-corrected chi connectivity index (χ4v) is 3.28. The van der Waals surface area contributed by atoms with Crippen LogP contribution in [0, 0.1) is 5.41 Å². The van der Waals surface area contributed by atoms with Crippen molar-refractivity contribution in [2.75, 3.05) is 17.3 Å². The average Bonchev–Trinajstić information content (AvgIpc) is 2.96. The molecule has 2 rings (SSSR count). The van der Waals surface area contributed by atoms with Crippen molar-refractivity contribution >= 4 is 40.4 Å². The predicted molar refractivity (Wildman–Crippen MR) is 114 cm³/mol. The number of hydrogen-bond donors (Lipinski definition) is 3. The van der Waals surface area contributed by atoms with E-state index >= 15 is 0 Å². The number of aromatic nitrogens is 1. The van der Waals surface area contributed by atoms with Gasteiger partial charge in [-0.3, -0.25) is 14.6 Å². The fraction of sp³-hybridized carbons (Fsp3) is 0.550. The van der Waals surface area contributed by atoms with Gasteiger partial charge in [-0.05, 0) is 54.9 Å². The van der Waals surface area contributed by atoms with Gasteiger partial charge in [0.05, 0.1) is 5.52 Å². The van der Waals surface area contributed by atoms with Crippen molar-refractivity contribution in [3.8, 4) is 0 Å². The van der Waals surface area contributed by atoms with Gasteiger partial charge in [0.15, 0.2) is 5.58 Å². The number of benzene rings is 1. The first-order chi connectivity index (χ1) is 13.2. The third-order valence-corrected chi connectivity index (χ3v) is 4.92. The molecule has 7 nitrogen and oxygen atoms in total. The summed E-state index contributed by atoms with van der Waals surface area (Å²) < 4.78 is 4.96. The fourth-order valence-electron chi connectivity index (χ4n) is 2.81. The van der Waals surface area contributed by atoms with Crippen LogP contribution >= 0.6 is 11.8 Å². The first-order valence-electron chi connectivity index (χ1n) is 9.40. The van der Waals surface area contributed by atoms with Gasteiger partial charge >= 0.3 is 5.76 Å². The maximum atomic E-state index is 12.7. The maximum Gasteiger partial charge on any atom is 0.417 e. The number of amides is 2. The number of anilines is 1. The number of H-pyrrole nitrogens is 1. The Labute approximate surface area is 169 Å². The van der Waals surface area contributed by atoms with Crippen LogP contribution in [0.4, 0.5) is 5.69 Å². The number of carbonyl (C=O) groups is 2. The van der Waals surface area contributed by atoms with Crippen molar-refractivity contribution in [3.63, 3.8) is 0 Å². The molecule has 2 aromatic rings. The number of fused-ring (bicyclic) bond motifs is 1. The Balaban J connectivity index is 1.98. The molecule has 1 heterocycles. The summed E-state index contributed by atoms with van der Waals surface area (Å²) in [6.45, 7) is 6.43. The third kappa shape index (κ3) is 7.07. The highest BCUT2D eigenvalue weighted by atomic mass is 32.2. The summed E-state index contributed by atoms with van der Waals surface area (Å²) in [6.07, 6.45) is 4.65. The molecule has 0 bridgehead atoms. The highest BCUT2D eigenvalue weighted by Crippen LogP contribution is 2.21. The summed E-state index contributed by atoms with van der Waals surface area (Å²) in [5.41, 5.74) is 1.65. The zero-order valence-corrected chi connectivity index (χ0v) is 17.7. The lowest BCUT2D eigenvalue weighted by Gasteiger charge is -2.20. The summed E-state index contributed by atoms with van der Waals surface area (Å²) in [7, 11) is 0. The second kappa shape index (κ2) is 9.82. The van der Waals surface area contributed by atoms with E-state index in [4.69, 9.17) is 4.42 Å². The van der Waals surface area contributed by atoms with Crippen molar-refractivity contribution in [1.29, 1.82) is 0 Å². The van der Waals surface area contributed by atoms with Crippen LogP contribution in [-0.2, 0) is 9.59 Å². The predicted octanol–water partition coefficient (Wildman–Crippen LogP) is 3.51. The second-order valence-corrected chi connectivity index (χ2v) is 9.02. The van der Waals surface area contributed by atoms with E-state index in [0.29, 0.717) is 29.6 Å². The minimum Gasteiger partial charge on any atom is -0.408 e. The zero-order chi connectivity index (χ0) is 20.7. The molecule has 28 heavy (non-hydrogen) atoms. The Morgan fingerprint density at radius 3 is 2.71 bits per heavy atom.